The standard InChI is InChI=1S/C24H44N/c1-4-5-6-7-8-9-10-11-12-13-14-15-16-17-20-25-21-18-24(19-22-25)23(2)3/h18-19,21-23H,4-17,20H2,1-3H3/q+1. The number of hydrogen-bond donors (Lipinski definition) is 0. The van der Waals surface area contributed by atoms with E-state index in [0.717, 1.165) is 0 Å². The fourth-order valence-electron chi connectivity index (χ4n) is 3.49. The van der Waals surface area contributed by atoms with Crippen molar-refractivity contribution in [2.75, 3.05) is 0 Å². The minimum absolute atomic E-state index is 0.635. The first-order chi connectivity index (χ1) is 12.2. The number of rotatable bonds is 16. The molecule has 0 unspecified atom stereocenters. The third-order valence-electron chi connectivity index (χ3n) is 5.35. The smallest absolute Gasteiger partial charge is 0.169 e. The molecule has 0 aromatic carbocycles. The van der Waals surface area contributed by atoms with Gasteiger partial charge in [-0.25, -0.2) is 4.57 Å². The Kier molecular flexibility index (Phi) is 13.7. The van der Waals surface area contributed by atoms with Gasteiger partial charge in [-0.1, -0.05) is 97.8 Å². The second-order valence-electron chi connectivity index (χ2n) is 8.12. The van der Waals surface area contributed by atoms with E-state index in [-0.39, 0.29) is 0 Å². The zero-order chi connectivity index (χ0) is 18.2. The largest absolute Gasteiger partial charge is 0.205 e. The maximum absolute atomic E-state index is 2.34. The quantitative estimate of drug-likeness (QED) is 0.214. The molecule has 0 spiro atoms. The maximum Gasteiger partial charge on any atom is 0.169 e. The second kappa shape index (κ2) is 15.4. The van der Waals surface area contributed by atoms with Gasteiger partial charge in [-0.3, -0.25) is 0 Å². The van der Waals surface area contributed by atoms with Crippen LogP contribution >= 0.6 is 0 Å². The topological polar surface area (TPSA) is 3.88 Å². The average Bonchev–Trinajstić information content (AvgIpc) is 2.62. The summed E-state index contributed by atoms with van der Waals surface area (Å²) in [6.45, 7) is 7.99. The van der Waals surface area contributed by atoms with Gasteiger partial charge in [-0.15, -0.1) is 0 Å². The van der Waals surface area contributed by atoms with Crippen LogP contribution in [0.3, 0.4) is 0 Å². The van der Waals surface area contributed by atoms with Crippen LogP contribution in [0, 0.1) is 0 Å². The number of unbranched alkanes of at least 4 members (excludes halogenated alkanes) is 13. The van der Waals surface area contributed by atoms with E-state index in [2.05, 4.69) is 49.9 Å². The van der Waals surface area contributed by atoms with Crippen molar-refractivity contribution in [3.05, 3.63) is 30.1 Å². The van der Waals surface area contributed by atoms with Gasteiger partial charge in [0, 0.05) is 18.6 Å². The third-order valence-corrected chi connectivity index (χ3v) is 5.35. The molecule has 0 atom stereocenters. The van der Waals surface area contributed by atoms with E-state index in [1.807, 2.05) is 0 Å². The van der Waals surface area contributed by atoms with Crippen LogP contribution in [0.4, 0.5) is 0 Å². The molecule has 1 nitrogen and oxygen atoms in total. The molecule has 0 aliphatic heterocycles. The van der Waals surface area contributed by atoms with E-state index in [1.165, 1.54) is 102 Å². The Balaban J connectivity index is 1.84. The van der Waals surface area contributed by atoms with E-state index in [9.17, 15) is 0 Å². The zero-order valence-corrected chi connectivity index (χ0v) is 17.4. The summed E-state index contributed by atoms with van der Waals surface area (Å²) < 4.78 is 2.34. The molecule has 0 amide bonds. The van der Waals surface area contributed by atoms with E-state index in [4.69, 9.17) is 0 Å². The summed E-state index contributed by atoms with van der Waals surface area (Å²) in [7, 11) is 0. The van der Waals surface area contributed by atoms with E-state index >= 15 is 0 Å². The van der Waals surface area contributed by atoms with Crippen molar-refractivity contribution >= 4 is 0 Å². The Morgan fingerprint density at radius 1 is 0.640 bits per heavy atom. The van der Waals surface area contributed by atoms with E-state index in [0.29, 0.717) is 5.92 Å². The Bertz CT molecular complexity index is 393. The first-order valence-corrected chi connectivity index (χ1v) is 11.2. The van der Waals surface area contributed by atoms with Crippen LogP contribution in [-0.2, 0) is 6.54 Å². The number of aromatic nitrogens is 1. The number of nitrogens with zero attached hydrogens (tertiary/aromatic N) is 1. The molecule has 0 saturated heterocycles. The van der Waals surface area contributed by atoms with Crippen LogP contribution < -0.4 is 4.57 Å². The Morgan fingerprint density at radius 3 is 1.44 bits per heavy atom. The van der Waals surface area contributed by atoms with Crippen molar-refractivity contribution in [3.8, 4) is 0 Å². The number of hydrogen-bond acceptors (Lipinski definition) is 0. The van der Waals surface area contributed by atoms with Crippen LogP contribution in [0.2, 0.25) is 0 Å². The second-order valence-corrected chi connectivity index (χ2v) is 8.12. The summed E-state index contributed by atoms with van der Waals surface area (Å²) in [6.07, 6.45) is 24.6. The maximum atomic E-state index is 2.34. The van der Waals surface area contributed by atoms with Crippen molar-refractivity contribution in [1.29, 1.82) is 0 Å². The highest BCUT2D eigenvalue weighted by molar-refractivity contribution is 5.11. The lowest BCUT2D eigenvalue weighted by Crippen LogP contribution is -2.32. The van der Waals surface area contributed by atoms with E-state index in [1.54, 1.807) is 0 Å². The van der Waals surface area contributed by atoms with Gasteiger partial charge in [0.2, 0.25) is 0 Å². The highest BCUT2D eigenvalue weighted by Gasteiger charge is 2.03. The molecule has 0 fully saturated rings. The molecule has 144 valence electrons. The van der Waals surface area contributed by atoms with E-state index < -0.39 is 0 Å². The molecule has 0 aliphatic carbocycles. The van der Waals surface area contributed by atoms with Gasteiger partial charge in [-0.05, 0) is 17.9 Å². The molecule has 1 aromatic heterocycles. The summed E-state index contributed by atoms with van der Waals surface area (Å²) in [5.41, 5.74) is 1.44. The minimum Gasteiger partial charge on any atom is -0.205 e. The molecule has 25 heavy (non-hydrogen) atoms. The first kappa shape index (κ1) is 22.2. The number of aryl methyl sites for hydroxylation is 1. The van der Waals surface area contributed by atoms with Gasteiger partial charge in [0.1, 0.15) is 6.54 Å². The van der Waals surface area contributed by atoms with Gasteiger partial charge in [0.15, 0.2) is 12.4 Å². The molecule has 0 radical (unpaired) electrons. The van der Waals surface area contributed by atoms with Crippen molar-refractivity contribution in [3.63, 3.8) is 0 Å². The summed E-state index contributed by atoms with van der Waals surface area (Å²) in [4.78, 5) is 0. The Labute approximate surface area is 158 Å². The minimum atomic E-state index is 0.635. The predicted molar refractivity (Wildman–Crippen MR) is 111 cm³/mol. The molecule has 1 rings (SSSR count). The third kappa shape index (κ3) is 12.2. The Hall–Kier alpha value is -0.850. The van der Waals surface area contributed by atoms with Gasteiger partial charge in [-0.2, -0.15) is 0 Å². The highest BCUT2D eigenvalue weighted by Crippen LogP contribution is 2.13. The fraction of sp³-hybridized carbons (Fsp3) is 0.792. The van der Waals surface area contributed by atoms with Gasteiger partial charge < -0.3 is 0 Å². The number of pyridine rings is 1. The zero-order valence-electron chi connectivity index (χ0n) is 17.4. The summed E-state index contributed by atoms with van der Waals surface area (Å²) in [5, 5.41) is 0. The predicted octanol–water partition coefficient (Wildman–Crippen LogP) is 7.58. The van der Waals surface area contributed by atoms with Crippen molar-refractivity contribution < 1.29 is 4.57 Å². The molecule has 1 heteroatoms. The van der Waals surface area contributed by atoms with Gasteiger partial charge >= 0.3 is 0 Å². The molecular formula is C24H44N+. The lowest BCUT2D eigenvalue weighted by Gasteiger charge is -2.04. The normalized spacial score (nSPS) is 11.4. The van der Waals surface area contributed by atoms with Crippen molar-refractivity contribution in [1.82, 2.24) is 0 Å². The van der Waals surface area contributed by atoms with Crippen LogP contribution in [0.5, 0.6) is 0 Å². The summed E-state index contributed by atoms with van der Waals surface area (Å²) >= 11 is 0. The summed E-state index contributed by atoms with van der Waals surface area (Å²) in [6, 6.07) is 4.54. The van der Waals surface area contributed by atoms with Crippen molar-refractivity contribution in [2.45, 2.75) is 123 Å². The SMILES string of the molecule is CCCCCCCCCCCCCCCC[n+]1ccc(C(C)C)cc1. The van der Waals surface area contributed by atoms with Crippen LogP contribution in [0.25, 0.3) is 0 Å². The Morgan fingerprint density at radius 2 is 1.04 bits per heavy atom. The van der Waals surface area contributed by atoms with Gasteiger partial charge in [0.05, 0.1) is 0 Å². The molecule has 0 N–H and O–H groups in total. The summed E-state index contributed by atoms with van der Waals surface area (Å²) in [5.74, 6) is 0.635. The first-order valence-electron chi connectivity index (χ1n) is 11.2. The molecule has 0 bridgehead atoms. The highest BCUT2D eigenvalue weighted by atomic mass is 14.9. The average molecular weight is 347 g/mol. The van der Waals surface area contributed by atoms with Crippen molar-refractivity contribution in [2.24, 2.45) is 0 Å². The van der Waals surface area contributed by atoms with Crippen LogP contribution in [-0.4, -0.2) is 0 Å². The lowest BCUT2D eigenvalue weighted by molar-refractivity contribution is -0.697. The van der Waals surface area contributed by atoms with Gasteiger partial charge in [0.25, 0.3) is 0 Å². The molecule has 0 saturated carbocycles. The lowest BCUT2D eigenvalue weighted by atomic mass is 10.0. The molecule has 1 heterocycles. The fourth-order valence-corrected chi connectivity index (χ4v) is 3.49. The monoisotopic (exact) mass is 346 g/mol. The molecular weight excluding hydrogens is 302 g/mol. The molecule has 1 aromatic rings. The van der Waals surface area contributed by atoms with Crippen LogP contribution in [0.15, 0.2) is 24.5 Å². The molecule has 0 aliphatic rings. The van der Waals surface area contributed by atoms with Crippen LogP contribution in [0.1, 0.15) is 122 Å².